The average Bonchev–Trinajstić information content (AvgIpc) is 2.70. The SMILES string of the molecule is N#Cc1ccccc1NC(=O)CCCn1nc(-c2ccncc2)ccc1=O. The van der Waals surface area contributed by atoms with E-state index in [4.69, 9.17) is 5.26 Å². The van der Waals surface area contributed by atoms with E-state index in [0.717, 1.165) is 5.56 Å². The summed E-state index contributed by atoms with van der Waals surface area (Å²) in [6.07, 6.45) is 3.99. The van der Waals surface area contributed by atoms with E-state index in [9.17, 15) is 9.59 Å². The van der Waals surface area contributed by atoms with Crippen molar-refractivity contribution in [2.45, 2.75) is 19.4 Å². The molecule has 7 heteroatoms. The monoisotopic (exact) mass is 359 g/mol. The molecule has 0 spiro atoms. The average molecular weight is 359 g/mol. The topological polar surface area (TPSA) is 101 Å². The minimum absolute atomic E-state index is 0.212. The number of carbonyl (C=O) groups excluding carboxylic acids is 1. The van der Waals surface area contributed by atoms with Gasteiger partial charge in [-0.15, -0.1) is 0 Å². The summed E-state index contributed by atoms with van der Waals surface area (Å²) in [6.45, 7) is 0.324. The van der Waals surface area contributed by atoms with Crippen LogP contribution in [-0.4, -0.2) is 20.7 Å². The summed E-state index contributed by atoms with van der Waals surface area (Å²) < 4.78 is 1.35. The van der Waals surface area contributed by atoms with Crippen molar-refractivity contribution in [1.29, 1.82) is 5.26 Å². The van der Waals surface area contributed by atoms with Crippen LogP contribution < -0.4 is 10.9 Å². The quantitative estimate of drug-likeness (QED) is 0.729. The molecule has 0 atom stereocenters. The Morgan fingerprint density at radius 3 is 2.67 bits per heavy atom. The molecule has 0 radical (unpaired) electrons. The summed E-state index contributed by atoms with van der Waals surface area (Å²) in [5.41, 5.74) is 2.21. The highest BCUT2D eigenvalue weighted by Crippen LogP contribution is 2.15. The molecule has 1 aromatic carbocycles. The third-order valence-electron chi connectivity index (χ3n) is 3.94. The predicted octanol–water partition coefficient (Wildman–Crippen LogP) is 2.60. The highest BCUT2D eigenvalue weighted by Gasteiger charge is 2.08. The molecule has 0 aliphatic heterocycles. The van der Waals surface area contributed by atoms with E-state index in [1.54, 1.807) is 42.7 Å². The molecule has 3 aromatic rings. The maximum atomic E-state index is 12.1. The number of pyridine rings is 1. The van der Waals surface area contributed by atoms with Crippen molar-refractivity contribution < 1.29 is 4.79 Å². The Morgan fingerprint density at radius 1 is 1.11 bits per heavy atom. The first-order valence-corrected chi connectivity index (χ1v) is 8.45. The number of anilines is 1. The number of nitrogens with one attached hydrogen (secondary N) is 1. The van der Waals surface area contributed by atoms with Crippen molar-refractivity contribution in [3.63, 3.8) is 0 Å². The Balaban J connectivity index is 1.61. The molecule has 1 N–H and O–H groups in total. The number of nitrogens with zero attached hydrogens (tertiary/aromatic N) is 4. The maximum absolute atomic E-state index is 12.1. The maximum Gasteiger partial charge on any atom is 0.266 e. The lowest BCUT2D eigenvalue weighted by atomic mass is 10.2. The molecule has 0 fully saturated rings. The molecular weight excluding hydrogens is 342 g/mol. The van der Waals surface area contributed by atoms with Gasteiger partial charge in [0.05, 0.1) is 16.9 Å². The number of nitriles is 1. The molecule has 1 amide bonds. The van der Waals surface area contributed by atoms with Crippen LogP contribution in [0.15, 0.2) is 65.7 Å². The molecule has 134 valence electrons. The van der Waals surface area contributed by atoms with Gasteiger partial charge in [0.2, 0.25) is 5.91 Å². The molecule has 0 saturated carbocycles. The first-order valence-electron chi connectivity index (χ1n) is 8.45. The van der Waals surface area contributed by atoms with E-state index < -0.39 is 0 Å². The van der Waals surface area contributed by atoms with Crippen LogP contribution in [0, 0.1) is 11.3 Å². The van der Waals surface area contributed by atoms with Crippen LogP contribution in [-0.2, 0) is 11.3 Å². The van der Waals surface area contributed by atoms with Gasteiger partial charge in [-0.05, 0) is 36.8 Å². The van der Waals surface area contributed by atoms with Crippen molar-refractivity contribution in [2.75, 3.05) is 5.32 Å². The van der Waals surface area contributed by atoms with Gasteiger partial charge in [-0.25, -0.2) is 4.68 Å². The highest BCUT2D eigenvalue weighted by molar-refractivity contribution is 5.92. The van der Waals surface area contributed by atoms with Crippen LogP contribution in [0.5, 0.6) is 0 Å². The molecule has 0 unspecified atom stereocenters. The van der Waals surface area contributed by atoms with Crippen molar-refractivity contribution in [3.05, 3.63) is 76.8 Å². The summed E-state index contributed by atoms with van der Waals surface area (Å²) in [5.74, 6) is -0.212. The van der Waals surface area contributed by atoms with Gasteiger partial charge < -0.3 is 5.32 Å². The van der Waals surface area contributed by atoms with Gasteiger partial charge in [0, 0.05) is 37.0 Å². The molecule has 2 heterocycles. The normalized spacial score (nSPS) is 10.2. The molecule has 27 heavy (non-hydrogen) atoms. The summed E-state index contributed by atoms with van der Waals surface area (Å²) in [4.78, 5) is 28.1. The zero-order valence-electron chi connectivity index (χ0n) is 14.5. The van der Waals surface area contributed by atoms with E-state index in [1.165, 1.54) is 10.7 Å². The predicted molar refractivity (Wildman–Crippen MR) is 101 cm³/mol. The smallest absolute Gasteiger partial charge is 0.266 e. The van der Waals surface area contributed by atoms with Crippen molar-refractivity contribution in [3.8, 4) is 17.3 Å². The van der Waals surface area contributed by atoms with Gasteiger partial charge in [0.15, 0.2) is 0 Å². The Labute approximate surface area is 155 Å². The lowest BCUT2D eigenvalue weighted by molar-refractivity contribution is -0.116. The van der Waals surface area contributed by atoms with E-state index in [0.29, 0.717) is 29.9 Å². The number of aromatic nitrogens is 3. The van der Waals surface area contributed by atoms with Crippen LogP contribution >= 0.6 is 0 Å². The molecule has 2 aromatic heterocycles. The van der Waals surface area contributed by atoms with Crippen LogP contribution in [0.25, 0.3) is 11.3 Å². The molecule has 3 rings (SSSR count). The Bertz CT molecular complexity index is 1040. The van der Waals surface area contributed by atoms with Crippen LogP contribution in [0.2, 0.25) is 0 Å². The van der Waals surface area contributed by atoms with Crippen LogP contribution in [0.1, 0.15) is 18.4 Å². The number of rotatable bonds is 6. The number of carbonyl (C=O) groups is 1. The second-order valence-corrected chi connectivity index (χ2v) is 5.82. The van der Waals surface area contributed by atoms with E-state index in [-0.39, 0.29) is 17.9 Å². The van der Waals surface area contributed by atoms with Crippen molar-refractivity contribution in [2.24, 2.45) is 0 Å². The molecule has 0 aliphatic carbocycles. The van der Waals surface area contributed by atoms with Gasteiger partial charge >= 0.3 is 0 Å². The fourth-order valence-corrected chi connectivity index (χ4v) is 2.58. The lowest BCUT2D eigenvalue weighted by Gasteiger charge is -2.08. The van der Waals surface area contributed by atoms with Crippen LogP contribution in [0.3, 0.4) is 0 Å². The zero-order chi connectivity index (χ0) is 19.1. The third kappa shape index (κ3) is 4.64. The van der Waals surface area contributed by atoms with Gasteiger partial charge in [0.1, 0.15) is 6.07 Å². The summed E-state index contributed by atoms with van der Waals surface area (Å²) in [7, 11) is 0. The van der Waals surface area contributed by atoms with Gasteiger partial charge in [-0.2, -0.15) is 10.4 Å². The Morgan fingerprint density at radius 2 is 1.89 bits per heavy atom. The van der Waals surface area contributed by atoms with Crippen LogP contribution in [0.4, 0.5) is 5.69 Å². The highest BCUT2D eigenvalue weighted by atomic mass is 16.1. The number of hydrogen-bond donors (Lipinski definition) is 1. The van der Waals surface area contributed by atoms with Crippen molar-refractivity contribution in [1.82, 2.24) is 14.8 Å². The van der Waals surface area contributed by atoms with Gasteiger partial charge in [-0.3, -0.25) is 14.6 Å². The number of aryl methyl sites for hydroxylation is 1. The Kier molecular flexibility index (Phi) is 5.70. The largest absolute Gasteiger partial charge is 0.325 e. The number of para-hydroxylation sites is 1. The standard InChI is InChI=1S/C20H17N5O2/c21-14-16-4-1-2-5-17(16)23-19(26)6-3-13-25-20(27)8-7-18(24-25)15-9-11-22-12-10-15/h1-2,4-5,7-12H,3,6,13H2,(H,23,26). The molecule has 7 nitrogen and oxygen atoms in total. The first-order chi connectivity index (χ1) is 13.2. The summed E-state index contributed by atoms with van der Waals surface area (Å²) >= 11 is 0. The van der Waals surface area contributed by atoms with Gasteiger partial charge in [0.25, 0.3) is 5.56 Å². The number of benzene rings is 1. The molecule has 0 saturated heterocycles. The number of amides is 1. The third-order valence-corrected chi connectivity index (χ3v) is 3.94. The fraction of sp³-hybridized carbons (Fsp3) is 0.150. The zero-order valence-corrected chi connectivity index (χ0v) is 14.5. The number of hydrogen-bond acceptors (Lipinski definition) is 5. The summed E-state index contributed by atoms with van der Waals surface area (Å²) in [6, 6.07) is 15.6. The Hall–Kier alpha value is -3.79. The second-order valence-electron chi connectivity index (χ2n) is 5.82. The molecule has 0 bridgehead atoms. The molecular formula is C20H17N5O2. The van der Waals surface area contributed by atoms with E-state index >= 15 is 0 Å². The molecule has 0 aliphatic rings. The first kappa shape index (κ1) is 18.0. The summed E-state index contributed by atoms with van der Waals surface area (Å²) in [5, 5.41) is 16.1. The minimum Gasteiger partial charge on any atom is -0.325 e. The minimum atomic E-state index is -0.219. The van der Waals surface area contributed by atoms with Crippen molar-refractivity contribution >= 4 is 11.6 Å². The van der Waals surface area contributed by atoms with Gasteiger partial charge in [-0.1, -0.05) is 12.1 Å². The van der Waals surface area contributed by atoms with E-state index in [2.05, 4.69) is 15.4 Å². The van der Waals surface area contributed by atoms with E-state index in [1.807, 2.05) is 18.2 Å². The lowest BCUT2D eigenvalue weighted by Crippen LogP contribution is -2.23. The second kappa shape index (κ2) is 8.54. The fourth-order valence-electron chi connectivity index (χ4n) is 2.58.